The highest BCUT2D eigenvalue weighted by Gasteiger charge is 2.09. The molecule has 2 aromatic carbocycles. The van der Waals surface area contributed by atoms with Gasteiger partial charge < -0.3 is 0 Å². The van der Waals surface area contributed by atoms with Gasteiger partial charge in [0.1, 0.15) is 0 Å². The highest BCUT2D eigenvalue weighted by Crippen LogP contribution is 2.23. The molecule has 0 saturated heterocycles. The van der Waals surface area contributed by atoms with Crippen molar-refractivity contribution in [3.8, 4) is 22.8 Å². The molecule has 0 atom stereocenters. The lowest BCUT2D eigenvalue weighted by molar-refractivity contribution is 0.867. The van der Waals surface area contributed by atoms with Crippen LogP contribution in [0.3, 0.4) is 0 Å². The van der Waals surface area contributed by atoms with Crippen LogP contribution in [0.2, 0.25) is 5.28 Å². The van der Waals surface area contributed by atoms with Crippen molar-refractivity contribution < 1.29 is 0 Å². The molecular weight excluding hydrogens is 294 g/mol. The third-order valence-electron chi connectivity index (χ3n) is 3.48. The highest BCUT2D eigenvalue weighted by atomic mass is 35.5. The summed E-state index contributed by atoms with van der Waals surface area (Å²) in [5.74, 6) is 1.67. The maximum atomic E-state index is 6.07. The Balaban J connectivity index is 2.02. The monoisotopic (exact) mass is 309 g/mol. The minimum absolute atomic E-state index is 0.205. The summed E-state index contributed by atoms with van der Waals surface area (Å²) in [5.41, 5.74) is 3.14. The summed E-state index contributed by atoms with van der Waals surface area (Å²) >= 11 is 6.07. The Bertz CT molecular complexity index is 768. The predicted molar refractivity (Wildman–Crippen MR) is 89.8 cm³/mol. The van der Waals surface area contributed by atoms with Crippen molar-refractivity contribution in [2.75, 3.05) is 0 Å². The summed E-state index contributed by atoms with van der Waals surface area (Å²) in [6.45, 7) is 4.34. The smallest absolute Gasteiger partial charge is 0.208 e. The van der Waals surface area contributed by atoms with Crippen molar-refractivity contribution in [3.05, 3.63) is 65.4 Å². The van der Waals surface area contributed by atoms with E-state index in [1.807, 2.05) is 42.5 Å². The number of nitrogens with zero attached hydrogens (tertiary/aromatic N) is 3. The van der Waals surface area contributed by atoms with Gasteiger partial charge in [-0.15, -0.1) is 0 Å². The van der Waals surface area contributed by atoms with Crippen LogP contribution in [0, 0.1) is 0 Å². The van der Waals surface area contributed by atoms with E-state index in [1.165, 1.54) is 5.56 Å². The van der Waals surface area contributed by atoms with Crippen LogP contribution in [-0.4, -0.2) is 15.0 Å². The second-order valence-corrected chi connectivity index (χ2v) is 5.73. The molecular formula is C18H16ClN3. The molecule has 1 heterocycles. The molecule has 22 heavy (non-hydrogen) atoms. The van der Waals surface area contributed by atoms with Gasteiger partial charge in [0.05, 0.1) is 0 Å². The Labute approximate surface area is 135 Å². The van der Waals surface area contributed by atoms with E-state index in [2.05, 4.69) is 40.9 Å². The third kappa shape index (κ3) is 3.15. The molecule has 0 aliphatic carbocycles. The first-order chi connectivity index (χ1) is 10.6. The first-order valence-corrected chi connectivity index (χ1v) is 7.58. The Kier molecular flexibility index (Phi) is 4.16. The first-order valence-electron chi connectivity index (χ1n) is 7.21. The Morgan fingerprint density at radius 3 is 1.82 bits per heavy atom. The molecule has 0 unspecified atom stereocenters. The van der Waals surface area contributed by atoms with Gasteiger partial charge in [-0.1, -0.05) is 68.4 Å². The maximum Gasteiger partial charge on any atom is 0.226 e. The normalized spacial score (nSPS) is 10.9. The molecule has 0 bridgehead atoms. The van der Waals surface area contributed by atoms with Crippen LogP contribution in [0.1, 0.15) is 25.3 Å². The first kappa shape index (κ1) is 14.7. The lowest BCUT2D eigenvalue weighted by atomic mass is 10.0. The molecule has 3 rings (SSSR count). The summed E-state index contributed by atoms with van der Waals surface area (Å²) in [7, 11) is 0. The van der Waals surface area contributed by atoms with Gasteiger partial charge in [-0.25, -0.2) is 4.98 Å². The van der Waals surface area contributed by atoms with Gasteiger partial charge in [0.15, 0.2) is 11.6 Å². The van der Waals surface area contributed by atoms with Crippen LogP contribution < -0.4 is 0 Å². The summed E-state index contributed by atoms with van der Waals surface area (Å²) in [6.07, 6.45) is 0. The molecule has 3 nitrogen and oxygen atoms in total. The van der Waals surface area contributed by atoms with E-state index in [4.69, 9.17) is 11.6 Å². The van der Waals surface area contributed by atoms with E-state index in [-0.39, 0.29) is 5.28 Å². The maximum absolute atomic E-state index is 6.07. The lowest BCUT2D eigenvalue weighted by Crippen LogP contribution is -1.97. The van der Waals surface area contributed by atoms with Gasteiger partial charge in [-0.2, -0.15) is 9.97 Å². The van der Waals surface area contributed by atoms with E-state index in [1.54, 1.807) is 0 Å². The molecule has 0 saturated carbocycles. The van der Waals surface area contributed by atoms with Crippen LogP contribution in [-0.2, 0) is 0 Å². The average molecular weight is 310 g/mol. The number of hydrogen-bond acceptors (Lipinski definition) is 3. The van der Waals surface area contributed by atoms with Crippen molar-refractivity contribution in [3.63, 3.8) is 0 Å². The molecule has 0 spiro atoms. The SMILES string of the molecule is CC(C)c1ccc(-c2nc(Cl)nc(-c3ccccc3)n2)cc1. The van der Waals surface area contributed by atoms with E-state index in [0.717, 1.165) is 11.1 Å². The van der Waals surface area contributed by atoms with Crippen molar-refractivity contribution in [2.24, 2.45) is 0 Å². The lowest BCUT2D eigenvalue weighted by Gasteiger charge is -2.07. The number of benzene rings is 2. The predicted octanol–water partition coefficient (Wildman–Crippen LogP) is 4.98. The van der Waals surface area contributed by atoms with Crippen molar-refractivity contribution in [1.82, 2.24) is 15.0 Å². The molecule has 0 amide bonds. The Morgan fingerprint density at radius 2 is 1.27 bits per heavy atom. The highest BCUT2D eigenvalue weighted by molar-refractivity contribution is 6.28. The summed E-state index contributed by atoms with van der Waals surface area (Å²) in [6, 6.07) is 18.0. The van der Waals surface area contributed by atoms with E-state index in [9.17, 15) is 0 Å². The molecule has 0 radical (unpaired) electrons. The van der Waals surface area contributed by atoms with Gasteiger partial charge in [-0.3, -0.25) is 0 Å². The topological polar surface area (TPSA) is 38.7 Å². The molecule has 0 aliphatic rings. The zero-order valence-corrected chi connectivity index (χ0v) is 13.2. The average Bonchev–Trinajstić information content (AvgIpc) is 2.55. The van der Waals surface area contributed by atoms with E-state index in [0.29, 0.717) is 17.6 Å². The third-order valence-corrected chi connectivity index (χ3v) is 3.64. The summed E-state index contributed by atoms with van der Waals surface area (Å²) in [5, 5.41) is 0.205. The van der Waals surface area contributed by atoms with Crippen LogP contribution in [0.25, 0.3) is 22.8 Å². The quantitative estimate of drug-likeness (QED) is 0.684. The molecule has 0 N–H and O–H groups in total. The van der Waals surface area contributed by atoms with Crippen LogP contribution in [0.4, 0.5) is 0 Å². The number of hydrogen-bond donors (Lipinski definition) is 0. The van der Waals surface area contributed by atoms with Crippen molar-refractivity contribution in [1.29, 1.82) is 0 Å². The minimum atomic E-state index is 0.205. The fourth-order valence-electron chi connectivity index (χ4n) is 2.21. The largest absolute Gasteiger partial charge is 0.226 e. The minimum Gasteiger partial charge on any atom is -0.208 e. The summed E-state index contributed by atoms with van der Waals surface area (Å²) in [4.78, 5) is 13.0. The standard InChI is InChI=1S/C18H16ClN3/c1-12(2)13-8-10-15(11-9-13)17-20-16(21-18(19)22-17)14-6-4-3-5-7-14/h3-12H,1-2H3. The zero-order valence-electron chi connectivity index (χ0n) is 12.5. The molecule has 110 valence electrons. The van der Waals surface area contributed by atoms with E-state index >= 15 is 0 Å². The Morgan fingerprint density at radius 1 is 0.727 bits per heavy atom. The van der Waals surface area contributed by atoms with Crippen molar-refractivity contribution in [2.45, 2.75) is 19.8 Å². The zero-order chi connectivity index (χ0) is 15.5. The molecule has 0 fully saturated rings. The van der Waals surface area contributed by atoms with Crippen LogP contribution >= 0.6 is 11.6 Å². The Hall–Kier alpha value is -2.26. The van der Waals surface area contributed by atoms with Crippen LogP contribution in [0.5, 0.6) is 0 Å². The number of rotatable bonds is 3. The van der Waals surface area contributed by atoms with E-state index < -0.39 is 0 Å². The fourth-order valence-corrected chi connectivity index (χ4v) is 2.37. The fraction of sp³-hybridized carbons (Fsp3) is 0.167. The van der Waals surface area contributed by atoms with Gasteiger partial charge >= 0.3 is 0 Å². The van der Waals surface area contributed by atoms with Gasteiger partial charge in [0, 0.05) is 11.1 Å². The van der Waals surface area contributed by atoms with Gasteiger partial charge in [0.2, 0.25) is 5.28 Å². The van der Waals surface area contributed by atoms with Gasteiger partial charge in [0.25, 0.3) is 0 Å². The van der Waals surface area contributed by atoms with Crippen LogP contribution in [0.15, 0.2) is 54.6 Å². The summed E-state index contributed by atoms with van der Waals surface area (Å²) < 4.78 is 0. The molecule has 0 aliphatic heterocycles. The van der Waals surface area contributed by atoms with Crippen molar-refractivity contribution >= 4 is 11.6 Å². The molecule has 1 aromatic heterocycles. The second kappa shape index (κ2) is 6.24. The molecule has 3 aromatic rings. The van der Waals surface area contributed by atoms with Gasteiger partial charge in [-0.05, 0) is 23.1 Å². The molecule has 4 heteroatoms. The number of aromatic nitrogens is 3. The second-order valence-electron chi connectivity index (χ2n) is 5.39. The number of halogens is 1.